The quantitative estimate of drug-likeness (QED) is 0.389. The molecule has 0 unspecified atom stereocenters. The molecule has 1 aliphatic rings. The topological polar surface area (TPSA) is 106 Å². The van der Waals surface area contributed by atoms with Crippen LogP contribution in [0.4, 0.5) is 5.69 Å². The summed E-state index contributed by atoms with van der Waals surface area (Å²) >= 11 is 0. The van der Waals surface area contributed by atoms with Crippen molar-refractivity contribution >= 4 is 21.7 Å². The van der Waals surface area contributed by atoms with Crippen molar-refractivity contribution in [2.45, 2.75) is 5.75 Å². The van der Waals surface area contributed by atoms with E-state index in [1.165, 1.54) is 23.1 Å². The number of carboxylic acids is 1. The molecule has 0 saturated carbocycles. The standard InChI is InChI=1S/C20H24N2O6S.ClH/c23-20(24)17-6-7-19(28-13-10-22-8-11-27-12-9-22)18(14-17)21-29(25,26)15-16-4-2-1-3-5-16;/h1-7,14,21H,8-13,15H2,(H,23,24);1H. The molecule has 30 heavy (non-hydrogen) atoms. The van der Waals surface area contributed by atoms with Gasteiger partial charge >= 0.3 is 5.97 Å². The highest BCUT2D eigenvalue weighted by molar-refractivity contribution is 7.91. The molecule has 0 atom stereocenters. The Balaban J connectivity index is 0.00000320. The SMILES string of the molecule is O=C(O)c1ccc(OCC[NH+]2CCOCC2)c(NS(=O)(=O)Cc2ccccc2)c1.[Cl-]. The molecule has 8 nitrogen and oxygen atoms in total. The third kappa shape index (κ3) is 7.17. The highest BCUT2D eigenvalue weighted by Crippen LogP contribution is 2.27. The number of rotatable bonds is 9. The first-order chi connectivity index (χ1) is 13.9. The molecule has 164 valence electrons. The van der Waals surface area contributed by atoms with Crippen LogP contribution in [0, 0.1) is 0 Å². The van der Waals surface area contributed by atoms with Crippen molar-refractivity contribution in [1.82, 2.24) is 0 Å². The van der Waals surface area contributed by atoms with E-state index in [-0.39, 0.29) is 29.4 Å². The van der Waals surface area contributed by atoms with Crippen LogP contribution in [0.2, 0.25) is 0 Å². The van der Waals surface area contributed by atoms with Crippen molar-refractivity contribution in [1.29, 1.82) is 0 Å². The van der Waals surface area contributed by atoms with Gasteiger partial charge in [-0.05, 0) is 23.8 Å². The Bertz CT molecular complexity index is 934. The van der Waals surface area contributed by atoms with Gasteiger partial charge in [0.15, 0.2) is 0 Å². The molecule has 1 fully saturated rings. The second kappa shape index (κ2) is 11.2. The fraction of sp³-hybridized carbons (Fsp3) is 0.350. The van der Waals surface area contributed by atoms with Crippen LogP contribution in [-0.2, 0) is 20.5 Å². The van der Waals surface area contributed by atoms with E-state index in [2.05, 4.69) is 4.72 Å². The zero-order valence-corrected chi connectivity index (χ0v) is 17.9. The summed E-state index contributed by atoms with van der Waals surface area (Å²) in [5.74, 6) is -1.06. The van der Waals surface area contributed by atoms with Crippen molar-refractivity contribution < 1.29 is 45.1 Å². The zero-order chi connectivity index (χ0) is 20.7. The van der Waals surface area contributed by atoms with Crippen LogP contribution in [0.25, 0.3) is 0 Å². The van der Waals surface area contributed by atoms with Gasteiger partial charge in [0.1, 0.15) is 32.0 Å². The van der Waals surface area contributed by atoms with Crippen LogP contribution in [0.1, 0.15) is 15.9 Å². The lowest BCUT2D eigenvalue weighted by Gasteiger charge is -2.24. The number of morpholine rings is 1. The highest BCUT2D eigenvalue weighted by atomic mass is 35.5. The van der Waals surface area contributed by atoms with Crippen molar-refractivity contribution in [2.24, 2.45) is 0 Å². The van der Waals surface area contributed by atoms with Crippen molar-refractivity contribution in [2.75, 3.05) is 44.2 Å². The van der Waals surface area contributed by atoms with Gasteiger partial charge in [0.05, 0.1) is 30.2 Å². The smallest absolute Gasteiger partial charge is 0.335 e. The number of aromatic carboxylic acids is 1. The Morgan fingerprint density at radius 2 is 1.83 bits per heavy atom. The van der Waals surface area contributed by atoms with Crippen molar-refractivity contribution in [3.63, 3.8) is 0 Å². The summed E-state index contributed by atoms with van der Waals surface area (Å²) in [5, 5.41) is 9.25. The number of quaternary nitrogens is 1. The number of carbonyl (C=O) groups is 1. The Morgan fingerprint density at radius 1 is 1.13 bits per heavy atom. The number of hydrogen-bond donors (Lipinski definition) is 3. The summed E-state index contributed by atoms with van der Waals surface area (Å²) < 4.78 is 38.8. The first-order valence-corrected chi connectivity index (χ1v) is 11.0. The average molecular weight is 457 g/mol. The van der Waals surface area contributed by atoms with E-state index in [0.717, 1.165) is 19.6 Å². The molecule has 0 aromatic heterocycles. The monoisotopic (exact) mass is 456 g/mol. The summed E-state index contributed by atoms with van der Waals surface area (Å²) in [6.07, 6.45) is 0. The number of anilines is 1. The van der Waals surface area contributed by atoms with Crippen LogP contribution in [0.5, 0.6) is 5.75 Å². The van der Waals surface area contributed by atoms with Gasteiger partial charge in [-0.25, -0.2) is 13.2 Å². The first kappa shape index (κ1) is 23.9. The summed E-state index contributed by atoms with van der Waals surface area (Å²) in [6.45, 7) is 4.37. The van der Waals surface area contributed by atoms with Crippen molar-refractivity contribution in [3.05, 3.63) is 59.7 Å². The minimum Gasteiger partial charge on any atom is -1.00 e. The molecule has 0 radical (unpaired) electrons. The van der Waals surface area contributed by atoms with Crippen LogP contribution in [-0.4, -0.2) is 58.9 Å². The number of nitrogens with one attached hydrogen (secondary N) is 2. The number of hydrogen-bond acceptors (Lipinski definition) is 5. The predicted molar refractivity (Wildman–Crippen MR) is 108 cm³/mol. The lowest BCUT2D eigenvalue weighted by atomic mass is 10.2. The minimum atomic E-state index is -3.74. The lowest BCUT2D eigenvalue weighted by Crippen LogP contribution is -3.14. The fourth-order valence-corrected chi connectivity index (χ4v) is 4.28. The molecule has 1 heterocycles. The maximum Gasteiger partial charge on any atom is 0.335 e. The minimum absolute atomic E-state index is 0. The molecular weight excluding hydrogens is 432 g/mol. The number of halogens is 1. The van der Waals surface area contributed by atoms with E-state index in [4.69, 9.17) is 9.47 Å². The van der Waals surface area contributed by atoms with Crippen molar-refractivity contribution in [3.8, 4) is 5.75 Å². The highest BCUT2D eigenvalue weighted by Gasteiger charge is 2.18. The largest absolute Gasteiger partial charge is 1.00 e. The number of ether oxygens (including phenoxy) is 2. The molecule has 10 heteroatoms. The molecule has 1 aliphatic heterocycles. The summed E-state index contributed by atoms with van der Waals surface area (Å²) in [5.41, 5.74) is 0.735. The van der Waals surface area contributed by atoms with Gasteiger partial charge in [0, 0.05) is 0 Å². The van der Waals surface area contributed by atoms with E-state index in [9.17, 15) is 18.3 Å². The molecule has 3 rings (SSSR count). The van der Waals surface area contributed by atoms with E-state index in [0.29, 0.717) is 31.1 Å². The van der Waals surface area contributed by atoms with Gasteiger partial charge in [-0.3, -0.25) is 4.72 Å². The van der Waals surface area contributed by atoms with Gasteiger partial charge < -0.3 is 31.9 Å². The molecule has 0 amide bonds. The second-order valence-corrected chi connectivity index (χ2v) is 8.55. The fourth-order valence-electron chi connectivity index (χ4n) is 3.08. The van der Waals surface area contributed by atoms with E-state index < -0.39 is 16.0 Å². The van der Waals surface area contributed by atoms with Crippen LogP contribution < -0.4 is 26.8 Å². The molecule has 0 spiro atoms. The molecule has 3 N–H and O–H groups in total. The van der Waals surface area contributed by atoms with Gasteiger partial charge in [-0.15, -0.1) is 0 Å². The Kier molecular flexibility index (Phi) is 8.91. The number of sulfonamides is 1. The second-order valence-electron chi connectivity index (χ2n) is 6.82. The maximum absolute atomic E-state index is 12.6. The Hall–Kier alpha value is -2.33. The summed E-state index contributed by atoms with van der Waals surface area (Å²) in [4.78, 5) is 12.7. The van der Waals surface area contributed by atoms with Gasteiger partial charge in [-0.2, -0.15) is 0 Å². The lowest BCUT2D eigenvalue weighted by molar-refractivity contribution is -0.908. The average Bonchev–Trinajstić information content (AvgIpc) is 2.70. The molecule has 0 bridgehead atoms. The Labute approximate surface area is 182 Å². The summed E-state index contributed by atoms with van der Waals surface area (Å²) in [6, 6.07) is 12.9. The summed E-state index contributed by atoms with van der Waals surface area (Å²) in [7, 11) is -3.74. The Morgan fingerprint density at radius 3 is 2.50 bits per heavy atom. The van der Waals surface area contributed by atoms with Crippen LogP contribution in [0.15, 0.2) is 48.5 Å². The van der Waals surface area contributed by atoms with Crippen LogP contribution in [0.3, 0.4) is 0 Å². The number of carboxylic acid groups (broad SMARTS) is 1. The maximum atomic E-state index is 12.6. The van der Waals surface area contributed by atoms with E-state index in [1.807, 2.05) is 6.07 Å². The van der Waals surface area contributed by atoms with E-state index >= 15 is 0 Å². The normalized spacial score (nSPS) is 14.5. The molecule has 2 aromatic rings. The zero-order valence-electron chi connectivity index (χ0n) is 16.3. The van der Waals surface area contributed by atoms with Crippen LogP contribution >= 0.6 is 0 Å². The molecule has 1 saturated heterocycles. The third-order valence-electron chi connectivity index (χ3n) is 4.60. The third-order valence-corrected chi connectivity index (χ3v) is 5.85. The molecule has 2 aromatic carbocycles. The van der Waals surface area contributed by atoms with Gasteiger partial charge in [-0.1, -0.05) is 30.3 Å². The van der Waals surface area contributed by atoms with Gasteiger partial charge in [0.2, 0.25) is 10.0 Å². The predicted octanol–water partition coefficient (Wildman–Crippen LogP) is -2.38. The first-order valence-electron chi connectivity index (χ1n) is 9.39. The van der Waals surface area contributed by atoms with E-state index in [1.54, 1.807) is 24.3 Å². The molecular formula is C20H25ClN2O6S. The molecule has 0 aliphatic carbocycles. The number of benzene rings is 2. The van der Waals surface area contributed by atoms with Gasteiger partial charge in [0.25, 0.3) is 0 Å².